The monoisotopic (exact) mass is 464 g/mol. The quantitative estimate of drug-likeness (QED) is 0.241. The topological polar surface area (TPSA) is 62.0 Å². The van der Waals surface area contributed by atoms with E-state index in [0.29, 0.717) is 6.61 Å². The third-order valence-corrected chi connectivity index (χ3v) is 4.32. The fraction of sp³-hybridized carbons (Fsp3) is 0.722. The molecule has 0 aliphatic carbocycles. The number of hydrogen-bond donors (Lipinski definition) is 2. The van der Waals surface area contributed by atoms with Crippen molar-refractivity contribution in [1.29, 1.82) is 0 Å². The third-order valence-electron chi connectivity index (χ3n) is 4.32. The predicted octanol–water partition coefficient (Wildman–Crippen LogP) is 3.02. The molecular weight excluding hydrogens is 431 g/mol. The second kappa shape index (κ2) is 13.4. The van der Waals surface area contributed by atoms with Gasteiger partial charge in [0.15, 0.2) is 5.96 Å². The van der Waals surface area contributed by atoms with Crippen LogP contribution in [0.5, 0.6) is 0 Å². The fourth-order valence-corrected chi connectivity index (χ4v) is 2.95. The summed E-state index contributed by atoms with van der Waals surface area (Å²) < 4.78 is 11.2. The van der Waals surface area contributed by atoms with Gasteiger partial charge in [-0.3, -0.25) is 9.89 Å². The lowest BCUT2D eigenvalue weighted by Crippen LogP contribution is -2.43. The van der Waals surface area contributed by atoms with Gasteiger partial charge in [0.1, 0.15) is 5.76 Å². The van der Waals surface area contributed by atoms with Crippen LogP contribution in [0.2, 0.25) is 0 Å². The number of furan rings is 1. The van der Waals surface area contributed by atoms with Crippen molar-refractivity contribution in [3.8, 4) is 0 Å². The van der Waals surface area contributed by atoms with E-state index in [1.165, 1.54) is 19.3 Å². The molecule has 1 aliphatic rings. The zero-order valence-electron chi connectivity index (χ0n) is 15.5. The van der Waals surface area contributed by atoms with Gasteiger partial charge in [-0.05, 0) is 44.5 Å². The molecule has 25 heavy (non-hydrogen) atoms. The highest BCUT2D eigenvalue weighted by Crippen LogP contribution is 2.24. The van der Waals surface area contributed by atoms with Crippen molar-refractivity contribution in [2.75, 3.05) is 46.4 Å². The molecule has 144 valence electrons. The number of likely N-dealkylation sites (tertiary alicyclic amines) is 1. The molecule has 2 rings (SSSR count). The summed E-state index contributed by atoms with van der Waals surface area (Å²) in [4.78, 5) is 6.77. The number of ether oxygens (including phenoxy) is 1. The Morgan fingerprint density at radius 1 is 1.32 bits per heavy atom. The van der Waals surface area contributed by atoms with Crippen LogP contribution in [-0.4, -0.2) is 57.3 Å². The van der Waals surface area contributed by atoms with Gasteiger partial charge in [0.2, 0.25) is 0 Å². The summed E-state index contributed by atoms with van der Waals surface area (Å²) in [6, 6.07) is 4.27. The molecular formula is C18H33IN4O2. The SMILES string of the molecule is CCCCOCCNC(=NC)NCC(c1ccco1)N1CCCC1.I. The summed E-state index contributed by atoms with van der Waals surface area (Å²) in [6.45, 7) is 7.51. The second-order valence-corrected chi connectivity index (χ2v) is 6.12. The van der Waals surface area contributed by atoms with E-state index in [4.69, 9.17) is 9.15 Å². The maximum atomic E-state index is 5.65. The standard InChI is InChI=1S/C18H32N4O2.HI/c1-3-4-12-23-14-9-20-18(19-2)21-15-16(17-8-7-13-24-17)22-10-5-6-11-22;/h7-8,13,16H,3-6,9-12,14-15H2,1-2H3,(H2,19,20,21);1H. The van der Waals surface area contributed by atoms with Gasteiger partial charge in [-0.25, -0.2) is 0 Å². The van der Waals surface area contributed by atoms with Crippen molar-refractivity contribution in [3.05, 3.63) is 24.2 Å². The van der Waals surface area contributed by atoms with Gasteiger partial charge in [0.05, 0.1) is 18.9 Å². The van der Waals surface area contributed by atoms with Crippen molar-refractivity contribution in [1.82, 2.24) is 15.5 Å². The molecule has 7 heteroatoms. The molecule has 1 saturated heterocycles. The summed E-state index contributed by atoms with van der Waals surface area (Å²) in [5, 5.41) is 6.72. The van der Waals surface area contributed by atoms with E-state index in [-0.39, 0.29) is 30.0 Å². The van der Waals surface area contributed by atoms with Crippen molar-refractivity contribution in [3.63, 3.8) is 0 Å². The Morgan fingerprint density at radius 3 is 2.76 bits per heavy atom. The van der Waals surface area contributed by atoms with Gasteiger partial charge < -0.3 is 19.8 Å². The number of nitrogens with one attached hydrogen (secondary N) is 2. The minimum Gasteiger partial charge on any atom is -0.468 e. The molecule has 2 heterocycles. The number of unbranched alkanes of at least 4 members (excludes halogenated alkanes) is 1. The molecule has 6 nitrogen and oxygen atoms in total. The van der Waals surface area contributed by atoms with E-state index in [1.807, 2.05) is 6.07 Å². The summed E-state index contributed by atoms with van der Waals surface area (Å²) in [6.07, 6.45) is 6.56. The summed E-state index contributed by atoms with van der Waals surface area (Å²) in [5.74, 6) is 1.83. The highest BCUT2D eigenvalue weighted by molar-refractivity contribution is 14.0. The van der Waals surface area contributed by atoms with Crippen LogP contribution in [-0.2, 0) is 4.74 Å². The lowest BCUT2D eigenvalue weighted by atomic mass is 10.2. The molecule has 1 unspecified atom stereocenters. The Balaban J connectivity index is 0.00000312. The highest BCUT2D eigenvalue weighted by Gasteiger charge is 2.25. The molecule has 0 saturated carbocycles. The Kier molecular flexibility index (Phi) is 11.9. The Labute approximate surface area is 168 Å². The van der Waals surface area contributed by atoms with Gasteiger partial charge in [-0.15, -0.1) is 24.0 Å². The molecule has 0 bridgehead atoms. The Bertz CT molecular complexity index is 462. The van der Waals surface area contributed by atoms with E-state index in [2.05, 4.69) is 33.5 Å². The van der Waals surface area contributed by atoms with Crippen LogP contribution >= 0.6 is 24.0 Å². The molecule has 1 fully saturated rings. The van der Waals surface area contributed by atoms with Gasteiger partial charge in [0.25, 0.3) is 0 Å². The smallest absolute Gasteiger partial charge is 0.191 e. The molecule has 1 aromatic heterocycles. The molecule has 1 aromatic rings. The maximum Gasteiger partial charge on any atom is 0.191 e. The van der Waals surface area contributed by atoms with E-state index in [9.17, 15) is 0 Å². The number of nitrogens with zero attached hydrogens (tertiary/aromatic N) is 2. The lowest BCUT2D eigenvalue weighted by molar-refractivity contribution is 0.135. The van der Waals surface area contributed by atoms with Crippen LogP contribution in [0.15, 0.2) is 27.8 Å². The molecule has 0 amide bonds. The first kappa shape index (κ1) is 22.2. The van der Waals surface area contributed by atoms with E-state index >= 15 is 0 Å². The summed E-state index contributed by atoms with van der Waals surface area (Å²) in [7, 11) is 1.80. The first-order chi connectivity index (χ1) is 11.8. The lowest BCUT2D eigenvalue weighted by Gasteiger charge is -2.26. The molecule has 0 aromatic carbocycles. The number of hydrogen-bond acceptors (Lipinski definition) is 4. The largest absolute Gasteiger partial charge is 0.468 e. The van der Waals surface area contributed by atoms with Crippen molar-refractivity contribution in [2.24, 2.45) is 4.99 Å². The van der Waals surface area contributed by atoms with Crippen LogP contribution in [0.3, 0.4) is 0 Å². The molecule has 2 N–H and O–H groups in total. The number of halogens is 1. The van der Waals surface area contributed by atoms with Crippen molar-refractivity contribution < 1.29 is 9.15 Å². The molecule has 0 radical (unpaired) electrons. The van der Waals surface area contributed by atoms with Crippen LogP contribution in [0, 0.1) is 0 Å². The van der Waals surface area contributed by atoms with E-state index in [1.54, 1.807) is 13.3 Å². The van der Waals surface area contributed by atoms with E-state index in [0.717, 1.165) is 50.9 Å². The van der Waals surface area contributed by atoms with Crippen LogP contribution in [0.25, 0.3) is 0 Å². The number of guanidine groups is 1. The number of rotatable bonds is 10. The number of aliphatic imine (C=N–C) groups is 1. The minimum atomic E-state index is 0. The second-order valence-electron chi connectivity index (χ2n) is 6.12. The Morgan fingerprint density at radius 2 is 2.12 bits per heavy atom. The van der Waals surface area contributed by atoms with E-state index < -0.39 is 0 Å². The van der Waals surface area contributed by atoms with Gasteiger partial charge in [-0.2, -0.15) is 0 Å². The summed E-state index contributed by atoms with van der Waals surface area (Å²) >= 11 is 0. The van der Waals surface area contributed by atoms with Crippen molar-refractivity contribution >= 4 is 29.9 Å². The fourth-order valence-electron chi connectivity index (χ4n) is 2.95. The molecule has 1 aliphatic heterocycles. The first-order valence-electron chi connectivity index (χ1n) is 9.15. The predicted molar refractivity (Wildman–Crippen MR) is 113 cm³/mol. The zero-order chi connectivity index (χ0) is 17.0. The minimum absolute atomic E-state index is 0. The first-order valence-corrected chi connectivity index (χ1v) is 9.15. The van der Waals surface area contributed by atoms with Gasteiger partial charge in [-0.1, -0.05) is 13.3 Å². The maximum absolute atomic E-state index is 5.65. The average molecular weight is 464 g/mol. The average Bonchev–Trinajstić information content (AvgIpc) is 3.30. The highest BCUT2D eigenvalue weighted by atomic mass is 127. The van der Waals surface area contributed by atoms with Crippen molar-refractivity contribution in [2.45, 2.75) is 38.6 Å². The Hall–Kier alpha value is -0.800. The van der Waals surface area contributed by atoms with Crippen LogP contribution < -0.4 is 10.6 Å². The van der Waals surface area contributed by atoms with Crippen LogP contribution in [0.4, 0.5) is 0 Å². The molecule has 0 spiro atoms. The summed E-state index contributed by atoms with van der Waals surface area (Å²) in [5.41, 5.74) is 0. The van der Waals surface area contributed by atoms with Crippen LogP contribution in [0.1, 0.15) is 44.4 Å². The van der Waals surface area contributed by atoms with Gasteiger partial charge in [0, 0.05) is 26.7 Å². The third kappa shape index (κ3) is 7.96. The van der Waals surface area contributed by atoms with Gasteiger partial charge >= 0.3 is 0 Å². The normalized spacial score (nSPS) is 16.5. The zero-order valence-corrected chi connectivity index (χ0v) is 17.8. The molecule has 1 atom stereocenters.